The molecule has 1 aromatic carbocycles. The van der Waals surface area contributed by atoms with Crippen molar-refractivity contribution in [1.29, 1.82) is 0 Å². The molecule has 34 heavy (non-hydrogen) atoms. The lowest BCUT2D eigenvalue weighted by atomic mass is 9.92. The molecule has 0 aliphatic rings. The van der Waals surface area contributed by atoms with Gasteiger partial charge in [0.05, 0.1) is 16.8 Å². The van der Waals surface area contributed by atoms with E-state index in [1.54, 1.807) is 4.68 Å². The number of nitrogens with zero attached hydrogens (tertiary/aromatic N) is 3. The average molecular weight is 482 g/mol. The monoisotopic (exact) mass is 481 g/mol. The first kappa shape index (κ1) is 27.2. The van der Waals surface area contributed by atoms with E-state index in [-0.39, 0.29) is 23.2 Å². The number of benzene rings is 1. The van der Waals surface area contributed by atoms with Crippen LogP contribution in [0.25, 0.3) is 0 Å². The number of carbonyl (C=O) groups excluding carboxylic acids is 2. The van der Waals surface area contributed by atoms with E-state index in [0.717, 1.165) is 17.8 Å². The third kappa shape index (κ3) is 7.23. The minimum atomic E-state index is -4.46. The zero-order valence-corrected chi connectivity index (χ0v) is 20.8. The molecule has 0 unspecified atom stereocenters. The first-order valence-electron chi connectivity index (χ1n) is 11.2. The first-order valence-corrected chi connectivity index (χ1v) is 11.2. The molecule has 0 fully saturated rings. The topological polar surface area (TPSA) is 79.3 Å². The van der Waals surface area contributed by atoms with E-state index in [2.05, 4.69) is 15.7 Å². The van der Waals surface area contributed by atoms with Crippen LogP contribution >= 0.6 is 0 Å². The number of hydrogen-bond acceptors (Lipinski definition) is 3. The predicted molar refractivity (Wildman–Crippen MR) is 127 cm³/mol. The highest BCUT2D eigenvalue weighted by atomic mass is 19.4. The molecule has 3 amide bonds. The Balaban J connectivity index is 2.14. The average Bonchev–Trinajstić information content (AvgIpc) is 3.12. The van der Waals surface area contributed by atoms with E-state index >= 15 is 0 Å². The highest BCUT2D eigenvalue weighted by molar-refractivity contribution is 5.96. The van der Waals surface area contributed by atoms with Crippen molar-refractivity contribution in [2.24, 2.45) is 0 Å². The fourth-order valence-electron chi connectivity index (χ4n) is 3.17. The van der Waals surface area contributed by atoms with Crippen molar-refractivity contribution >= 4 is 23.4 Å². The van der Waals surface area contributed by atoms with Crippen LogP contribution in [0.5, 0.6) is 0 Å². The first-order chi connectivity index (χ1) is 15.5. The fraction of sp³-hybridized carbons (Fsp3) is 0.542. The van der Waals surface area contributed by atoms with Gasteiger partial charge in [-0.05, 0) is 51.5 Å². The number of halogens is 3. The van der Waals surface area contributed by atoms with E-state index < -0.39 is 23.7 Å². The maximum Gasteiger partial charge on any atom is 0.416 e. The Morgan fingerprint density at radius 1 is 1.00 bits per heavy atom. The molecule has 0 aliphatic heterocycles. The summed E-state index contributed by atoms with van der Waals surface area (Å²) in [7, 11) is 0. The maximum atomic E-state index is 12.8. The van der Waals surface area contributed by atoms with Crippen LogP contribution in [0.3, 0.4) is 0 Å². The number of rotatable bonds is 6. The van der Waals surface area contributed by atoms with Crippen molar-refractivity contribution < 1.29 is 22.8 Å². The van der Waals surface area contributed by atoms with Crippen LogP contribution < -0.4 is 10.6 Å². The van der Waals surface area contributed by atoms with Crippen LogP contribution in [0.15, 0.2) is 30.3 Å². The van der Waals surface area contributed by atoms with E-state index in [0.29, 0.717) is 18.8 Å². The largest absolute Gasteiger partial charge is 0.416 e. The molecule has 2 N–H and O–H groups in total. The number of nitrogens with one attached hydrogen (secondary N) is 2. The van der Waals surface area contributed by atoms with Gasteiger partial charge in [0.15, 0.2) is 0 Å². The Bertz CT molecular complexity index is 1000. The lowest BCUT2D eigenvalue weighted by Crippen LogP contribution is -2.41. The van der Waals surface area contributed by atoms with Gasteiger partial charge in [-0.15, -0.1) is 0 Å². The summed E-state index contributed by atoms with van der Waals surface area (Å²) in [4.78, 5) is 26.9. The van der Waals surface area contributed by atoms with Crippen LogP contribution in [0.1, 0.15) is 66.1 Å². The zero-order valence-electron chi connectivity index (χ0n) is 20.8. The van der Waals surface area contributed by atoms with Crippen molar-refractivity contribution in [2.45, 2.75) is 72.0 Å². The second-order valence-corrected chi connectivity index (χ2v) is 10.2. The highest BCUT2D eigenvalue weighted by Gasteiger charge is 2.30. The molecule has 0 aliphatic carbocycles. The lowest BCUT2D eigenvalue weighted by Gasteiger charge is -2.24. The lowest BCUT2D eigenvalue weighted by molar-refractivity contribution is -0.137. The summed E-state index contributed by atoms with van der Waals surface area (Å²) in [5.41, 5.74) is -0.371. The van der Waals surface area contributed by atoms with Crippen molar-refractivity contribution in [3.8, 4) is 0 Å². The Morgan fingerprint density at radius 3 is 2.06 bits per heavy atom. The van der Waals surface area contributed by atoms with Gasteiger partial charge in [-0.3, -0.25) is 4.79 Å². The number of anilines is 2. The van der Waals surface area contributed by atoms with Gasteiger partial charge in [-0.25, -0.2) is 9.48 Å². The quantitative estimate of drug-likeness (QED) is 0.544. The highest BCUT2D eigenvalue weighted by Crippen LogP contribution is 2.30. The van der Waals surface area contributed by atoms with Crippen molar-refractivity contribution in [3.63, 3.8) is 0 Å². The summed E-state index contributed by atoms with van der Waals surface area (Å²) < 4.78 is 40.0. The van der Waals surface area contributed by atoms with Crippen LogP contribution in [-0.2, 0) is 21.9 Å². The van der Waals surface area contributed by atoms with Crippen LogP contribution in [0.4, 0.5) is 29.5 Å². The van der Waals surface area contributed by atoms with Crippen LogP contribution in [0.2, 0.25) is 0 Å². The van der Waals surface area contributed by atoms with E-state index in [1.165, 1.54) is 17.0 Å². The molecule has 0 radical (unpaired) electrons. The van der Waals surface area contributed by atoms with Gasteiger partial charge in [-0.2, -0.15) is 18.3 Å². The van der Waals surface area contributed by atoms with E-state index in [9.17, 15) is 22.8 Å². The Morgan fingerprint density at radius 2 is 1.59 bits per heavy atom. The summed E-state index contributed by atoms with van der Waals surface area (Å²) in [6.45, 7) is 14.0. The standard InChI is InChI=1S/C24H34F3N5O2/c1-8-13-31(21(34)28-17-11-9-16(10-12-17)24(25,26)27)15-20(33)29-19-14-18(22(2,3)4)30-32(19)23(5,6)7/h9-12,14H,8,13,15H2,1-7H3,(H,28,34)(H,29,33). The molecule has 0 spiro atoms. The molecule has 1 aromatic heterocycles. The third-order valence-corrected chi connectivity index (χ3v) is 4.96. The number of urea groups is 1. The van der Waals surface area contributed by atoms with Gasteiger partial charge in [0.1, 0.15) is 12.4 Å². The molecule has 2 aromatic rings. The summed E-state index contributed by atoms with van der Waals surface area (Å²) in [6.07, 6.45) is -3.86. The van der Waals surface area contributed by atoms with Gasteiger partial charge >= 0.3 is 12.2 Å². The van der Waals surface area contributed by atoms with Crippen molar-refractivity contribution in [3.05, 3.63) is 41.6 Å². The summed E-state index contributed by atoms with van der Waals surface area (Å²) >= 11 is 0. The van der Waals surface area contributed by atoms with Gasteiger partial charge in [0, 0.05) is 23.7 Å². The van der Waals surface area contributed by atoms with Gasteiger partial charge in [0.2, 0.25) is 5.91 Å². The number of amides is 3. The van der Waals surface area contributed by atoms with Gasteiger partial charge in [-0.1, -0.05) is 27.7 Å². The molecule has 0 saturated heterocycles. The molecule has 0 bridgehead atoms. The molecule has 10 heteroatoms. The summed E-state index contributed by atoms with van der Waals surface area (Å²) in [6, 6.07) is 5.41. The number of hydrogen-bond donors (Lipinski definition) is 2. The predicted octanol–water partition coefficient (Wildman–Crippen LogP) is 5.84. The molecule has 0 atom stereocenters. The second kappa shape index (κ2) is 10.1. The third-order valence-electron chi connectivity index (χ3n) is 4.96. The van der Waals surface area contributed by atoms with Crippen LogP contribution in [-0.4, -0.2) is 39.7 Å². The van der Waals surface area contributed by atoms with Gasteiger partial charge < -0.3 is 15.5 Å². The number of aromatic nitrogens is 2. The molecular formula is C24H34F3N5O2. The Labute approximate surface area is 198 Å². The molecule has 2 rings (SSSR count). The minimum absolute atomic E-state index is 0.208. The molecular weight excluding hydrogens is 447 g/mol. The molecule has 1 heterocycles. The maximum absolute atomic E-state index is 12.8. The van der Waals surface area contributed by atoms with Crippen molar-refractivity contribution in [2.75, 3.05) is 23.7 Å². The molecule has 0 saturated carbocycles. The van der Waals surface area contributed by atoms with Crippen LogP contribution in [0, 0.1) is 0 Å². The second-order valence-electron chi connectivity index (χ2n) is 10.2. The molecule has 7 nitrogen and oxygen atoms in total. The summed E-state index contributed by atoms with van der Waals surface area (Å²) in [5, 5.41) is 10.1. The molecule has 188 valence electrons. The van der Waals surface area contributed by atoms with E-state index in [1.807, 2.05) is 54.5 Å². The van der Waals surface area contributed by atoms with Gasteiger partial charge in [0.25, 0.3) is 0 Å². The number of carbonyl (C=O) groups is 2. The minimum Gasteiger partial charge on any atom is -0.315 e. The normalized spacial score (nSPS) is 12.4. The van der Waals surface area contributed by atoms with Crippen molar-refractivity contribution in [1.82, 2.24) is 14.7 Å². The summed E-state index contributed by atoms with van der Waals surface area (Å²) in [5.74, 6) is 0.129. The van der Waals surface area contributed by atoms with E-state index in [4.69, 9.17) is 0 Å². The Hall–Kier alpha value is -3.04. The zero-order chi connectivity index (χ0) is 25.9. The fourth-order valence-corrected chi connectivity index (χ4v) is 3.17. The SMILES string of the molecule is CCCN(CC(=O)Nc1cc(C(C)(C)C)nn1C(C)(C)C)C(=O)Nc1ccc(C(F)(F)F)cc1. The Kier molecular flexibility index (Phi) is 8.06. The smallest absolute Gasteiger partial charge is 0.315 e. The number of alkyl halides is 3.